The van der Waals surface area contributed by atoms with Gasteiger partial charge >= 0.3 is 0 Å². The van der Waals surface area contributed by atoms with E-state index in [1.54, 1.807) is 0 Å². The van der Waals surface area contributed by atoms with Crippen molar-refractivity contribution in [3.8, 4) is 0 Å². The van der Waals surface area contributed by atoms with Crippen LogP contribution < -0.4 is 0 Å². The highest BCUT2D eigenvalue weighted by atomic mass is 13.7. The number of hydrogen-bond acceptors (Lipinski definition) is 0. The van der Waals surface area contributed by atoms with Gasteiger partial charge in [-0.2, -0.15) is 0 Å². The molecule has 1 aliphatic heterocycles. The Bertz CT molecular complexity index is 61.9. The van der Waals surface area contributed by atoms with Crippen LogP contribution in [-0.4, -0.2) is 7.28 Å². The molecule has 0 unspecified atom stereocenters. The molecular weight excluding hydrogens is 70.9 g/mol. The van der Waals surface area contributed by atoms with Gasteiger partial charge in [-0.25, -0.2) is 0 Å². The average Bonchev–Trinajstić information content (AvgIpc) is 1.72. The lowest BCUT2D eigenvalue weighted by Crippen LogP contribution is -1.80. The van der Waals surface area contributed by atoms with Gasteiger partial charge in [0.1, 0.15) is 0 Å². The van der Waals surface area contributed by atoms with Crippen LogP contribution >= 0.6 is 0 Å². The van der Waals surface area contributed by atoms with Crippen molar-refractivity contribution in [3.05, 3.63) is 24.1 Å². The molecule has 0 atom stereocenters. The maximum Gasteiger partial charge on any atom is 0.170 e. The molecule has 6 heavy (non-hydrogen) atoms. The van der Waals surface area contributed by atoms with Gasteiger partial charge in [0.15, 0.2) is 7.28 Å². The van der Waals surface area contributed by atoms with E-state index >= 15 is 0 Å². The summed E-state index contributed by atoms with van der Waals surface area (Å²) in [5, 5.41) is 0. The molecule has 0 nitrogen and oxygen atoms in total. The van der Waals surface area contributed by atoms with Crippen LogP contribution in [0.3, 0.4) is 0 Å². The van der Waals surface area contributed by atoms with Crippen molar-refractivity contribution in [1.82, 2.24) is 0 Å². The predicted molar refractivity (Wildman–Crippen MR) is 28.7 cm³/mol. The maximum atomic E-state index is 2.12. The lowest BCUT2D eigenvalue weighted by Gasteiger charge is -1.85. The third-order valence-electron chi connectivity index (χ3n) is 0.767. The first kappa shape index (κ1) is 3.73. The summed E-state index contributed by atoms with van der Waals surface area (Å²) in [7, 11) is 2.03. The van der Waals surface area contributed by atoms with E-state index in [0.717, 1.165) is 6.42 Å². The Morgan fingerprint density at radius 2 is 1.83 bits per heavy atom. The molecule has 0 bridgehead atoms. The molecule has 0 aliphatic carbocycles. The van der Waals surface area contributed by atoms with Gasteiger partial charge in [0.25, 0.3) is 0 Å². The first-order valence-electron chi connectivity index (χ1n) is 2.15. The smallest absolute Gasteiger partial charge is 0.121 e. The minimum absolute atomic E-state index is 1.11. The summed E-state index contributed by atoms with van der Waals surface area (Å²) >= 11 is 0. The Morgan fingerprint density at radius 1 is 1.17 bits per heavy atom. The van der Waals surface area contributed by atoms with E-state index in [1.165, 1.54) is 0 Å². The van der Waals surface area contributed by atoms with E-state index in [-0.39, 0.29) is 0 Å². The molecule has 1 rings (SSSR count). The van der Waals surface area contributed by atoms with Crippen LogP contribution in [-0.2, 0) is 0 Å². The SMILES string of the molecule is [B]1C=CCC=C1. The van der Waals surface area contributed by atoms with Gasteiger partial charge < -0.3 is 0 Å². The molecule has 0 aromatic carbocycles. The highest BCUT2D eigenvalue weighted by Crippen LogP contribution is 1.89. The fourth-order valence-corrected chi connectivity index (χ4v) is 0.457. The van der Waals surface area contributed by atoms with Crippen molar-refractivity contribution in [2.45, 2.75) is 6.42 Å². The summed E-state index contributed by atoms with van der Waals surface area (Å²) < 4.78 is 0. The summed E-state index contributed by atoms with van der Waals surface area (Å²) in [4.78, 5) is 0. The van der Waals surface area contributed by atoms with E-state index in [4.69, 9.17) is 0 Å². The Hall–Kier alpha value is -0.455. The van der Waals surface area contributed by atoms with Crippen molar-refractivity contribution in [3.63, 3.8) is 0 Å². The third kappa shape index (κ3) is 0.747. The second-order valence-electron chi connectivity index (χ2n) is 1.28. The van der Waals surface area contributed by atoms with Crippen LogP contribution in [0.4, 0.5) is 0 Å². The molecule has 0 N–H and O–H groups in total. The first-order chi connectivity index (χ1) is 3.00. The summed E-state index contributed by atoms with van der Waals surface area (Å²) in [6.07, 6.45) is 5.36. The van der Waals surface area contributed by atoms with Gasteiger partial charge in [-0.05, 0) is 6.42 Å². The standard InChI is InChI=1S/C5H6B/c1-2-4-6-5-3-1/h2-5H,1H2. The van der Waals surface area contributed by atoms with Crippen LogP contribution in [0.15, 0.2) is 24.1 Å². The van der Waals surface area contributed by atoms with Gasteiger partial charge in [0.2, 0.25) is 0 Å². The molecular formula is C5H6B. The monoisotopic (exact) mass is 77.1 g/mol. The fraction of sp³-hybridized carbons (Fsp3) is 0.200. The van der Waals surface area contributed by atoms with Crippen LogP contribution in [0.2, 0.25) is 0 Å². The largest absolute Gasteiger partial charge is 0.170 e. The Balaban J connectivity index is 2.40. The quantitative estimate of drug-likeness (QED) is 0.380. The van der Waals surface area contributed by atoms with E-state index < -0.39 is 0 Å². The molecule has 0 fully saturated rings. The van der Waals surface area contributed by atoms with Crippen LogP contribution in [0.25, 0.3) is 0 Å². The molecule has 0 saturated carbocycles. The highest BCUT2D eigenvalue weighted by Gasteiger charge is 1.78. The zero-order valence-electron chi connectivity index (χ0n) is 3.59. The van der Waals surface area contributed by atoms with Crippen LogP contribution in [0.1, 0.15) is 6.42 Å². The van der Waals surface area contributed by atoms with Gasteiger partial charge in [-0.3, -0.25) is 0 Å². The molecule has 1 radical (unpaired) electrons. The molecule has 0 amide bonds. The normalized spacial score (nSPS) is 17.3. The first-order valence-corrected chi connectivity index (χ1v) is 2.15. The lowest BCUT2D eigenvalue weighted by molar-refractivity contribution is 1.40. The van der Waals surface area contributed by atoms with Crippen molar-refractivity contribution >= 4 is 7.28 Å². The number of allylic oxidation sites excluding steroid dienone is 2. The molecule has 1 heterocycles. The second-order valence-corrected chi connectivity index (χ2v) is 1.28. The van der Waals surface area contributed by atoms with Crippen molar-refractivity contribution in [1.29, 1.82) is 0 Å². The van der Waals surface area contributed by atoms with Gasteiger partial charge in [-0.15, -0.1) is 12.0 Å². The van der Waals surface area contributed by atoms with Crippen LogP contribution in [0.5, 0.6) is 0 Å². The number of rotatable bonds is 0. The van der Waals surface area contributed by atoms with Crippen molar-refractivity contribution < 1.29 is 0 Å². The van der Waals surface area contributed by atoms with E-state index in [2.05, 4.69) is 24.1 Å². The Labute approximate surface area is 38.8 Å². The summed E-state index contributed by atoms with van der Waals surface area (Å²) in [5.74, 6) is 4.11. The molecule has 0 saturated heterocycles. The van der Waals surface area contributed by atoms with Crippen molar-refractivity contribution in [2.75, 3.05) is 0 Å². The average molecular weight is 76.9 g/mol. The number of hydrogen-bond donors (Lipinski definition) is 0. The molecule has 0 spiro atoms. The van der Waals surface area contributed by atoms with Gasteiger partial charge in [-0.1, -0.05) is 12.2 Å². The molecule has 29 valence electrons. The fourth-order valence-electron chi connectivity index (χ4n) is 0.457. The zero-order valence-corrected chi connectivity index (χ0v) is 3.59. The maximum absolute atomic E-state index is 2.12. The molecule has 0 aromatic heterocycles. The van der Waals surface area contributed by atoms with E-state index in [9.17, 15) is 0 Å². The van der Waals surface area contributed by atoms with E-state index in [0.29, 0.717) is 0 Å². The molecule has 1 aliphatic rings. The minimum Gasteiger partial charge on any atom is -0.121 e. The summed E-state index contributed by atoms with van der Waals surface area (Å²) in [5.41, 5.74) is 0. The molecule has 1 heteroatoms. The Kier molecular flexibility index (Phi) is 1.15. The third-order valence-corrected chi connectivity index (χ3v) is 0.767. The van der Waals surface area contributed by atoms with Gasteiger partial charge in [0, 0.05) is 0 Å². The summed E-state index contributed by atoms with van der Waals surface area (Å²) in [6.45, 7) is 0. The predicted octanol–water partition coefficient (Wildman–Crippen LogP) is 1.12. The minimum atomic E-state index is 1.11. The highest BCUT2D eigenvalue weighted by molar-refractivity contribution is 6.48. The lowest BCUT2D eigenvalue weighted by atomic mass is 9.76. The van der Waals surface area contributed by atoms with Crippen molar-refractivity contribution in [2.24, 2.45) is 0 Å². The topological polar surface area (TPSA) is 0 Å². The summed E-state index contributed by atoms with van der Waals surface area (Å²) in [6, 6.07) is 0. The van der Waals surface area contributed by atoms with Crippen LogP contribution in [0, 0.1) is 0 Å². The second kappa shape index (κ2) is 1.86. The Morgan fingerprint density at radius 3 is 2.00 bits per heavy atom. The van der Waals surface area contributed by atoms with Gasteiger partial charge in [0.05, 0.1) is 0 Å². The van der Waals surface area contributed by atoms with E-state index in [1.807, 2.05) is 7.28 Å². The molecule has 0 aromatic rings. The zero-order chi connectivity index (χ0) is 4.24.